The SMILES string of the molecule is COC(=O)Nc1cccc(C)c1CNc1cc(C(F)(F)F)cnc1N. The lowest BCUT2D eigenvalue weighted by Gasteiger charge is -2.16. The van der Waals surface area contributed by atoms with Crippen molar-refractivity contribution >= 4 is 23.3 Å². The van der Waals surface area contributed by atoms with E-state index in [1.54, 1.807) is 12.1 Å². The van der Waals surface area contributed by atoms with Gasteiger partial charge in [-0.15, -0.1) is 0 Å². The Labute approximate surface area is 142 Å². The van der Waals surface area contributed by atoms with E-state index in [-0.39, 0.29) is 18.1 Å². The topological polar surface area (TPSA) is 89.3 Å². The standard InChI is InChI=1S/C16H17F3N4O2/c1-9-4-3-5-12(23-15(24)25-2)11(9)8-21-13-6-10(16(17,18)19)7-22-14(13)20/h3-7,21H,8H2,1-2H3,(H2,20,22)(H,23,24). The number of nitrogens with zero attached hydrogens (tertiary/aromatic N) is 1. The Morgan fingerprint density at radius 2 is 2.04 bits per heavy atom. The summed E-state index contributed by atoms with van der Waals surface area (Å²) in [6.45, 7) is 1.95. The summed E-state index contributed by atoms with van der Waals surface area (Å²) >= 11 is 0. The maximum atomic E-state index is 12.8. The van der Waals surface area contributed by atoms with Crippen LogP contribution in [0.1, 0.15) is 16.7 Å². The molecule has 1 aromatic carbocycles. The van der Waals surface area contributed by atoms with Gasteiger partial charge in [-0.1, -0.05) is 12.1 Å². The second-order valence-electron chi connectivity index (χ2n) is 5.23. The van der Waals surface area contributed by atoms with Crippen molar-refractivity contribution in [3.63, 3.8) is 0 Å². The van der Waals surface area contributed by atoms with Gasteiger partial charge in [-0.05, 0) is 30.2 Å². The second kappa shape index (κ2) is 7.29. The van der Waals surface area contributed by atoms with Gasteiger partial charge in [0.2, 0.25) is 0 Å². The molecule has 0 aliphatic rings. The van der Waals surface area contributed by atoms with E-state index in [0.717, 1.165) is 11.6 Å². The minimum Gasteiger partial charge on any atom is -0.453 e. The predicted molar refractivity (Wildman–Crippen MR) is 88.2 cm³/mol. The van der Waals surface area contributed by atoms with Crippen LogP contribution in [-0.2, 0) is 17.5 Å². The number of rotatable bonds is 4. The van der Waals surface area contributed by atoms with E-state index in [2.05, 4.69) is 20.4 Å². The highest BCUT2D eigenvalue weighted by molar-refractivity contribution is 5.86. The molecule has 0 saturated heterocycles. The molecule has 1 amide bonds. The molecule has 2 rings (SSSR count). The Bertz CT molecular complexity index is 778. The number of hydrogen-bond donors (Lipinski definition) is 3. The summed E-state index contributed by atoms with van der Waals surface area (Å²) in [7, 11) is 1.23. The number of nitrogen functional groups attached to an aromatic ring is 1. The van der Waals surface area contributed by atoms with Crippen molar-refractivity contribution in [2.75, 3.05) is 23.5 Å². The first-order chi connectivity index (χ1) is 11.7. The largest absolute Gasteiger partial charge is 0.453 e. The molecule has 0 fully saturated rings. The van der Waals surface area contributed by atoms with Crippen LogP contribution in [0.4, 0.5) is 35.2 Å². The van der Waals surface area contributed by atoms with Gasteiger partial charge in [0.25, 0.3) is 0 Å². The average Bonchev–Trinajstić information content (AvgIpc) is 2.54. The summed E-state index contributed by atoms with van der Waals surface area (Å²) < 4.78 is 43.0. The van der Waals surface area contributed by atoms with Gasteiger partial charge in [-0.25, -0.2) is 9.78 Å². The van der Waals surface area contributed by atoms with Gasteiger partial charge in [-0.2, -0.15) is 13.2 Å². The lowest BCUT2D eigenvalue weighted by Crippen LogP contribution is -2.15. The summed E-state index contributed by atoms with van der Waals surface area (Å²) in [6.07, 6.45) is -4.48. The third kappa shape index (κ3) is 4.52. The minimum atomic E-state index is -4.52. The number of halogens is 3. The quantitative estimate of drug-likeness (QED) is 0.777. The Balaban J connectivity index is 2.26. The fourth-order valence-corrected chi connectivity index (χ4v) is 2.17. The van der Waals surface area contributed by atoms with E-state index >= 15 is 0 Å². The third-order valence-corrected chi connectivity index (χ3v) is 3.53. The van der Waals surface area contributed by atoms with Crippen molar-refractivity contribution in [1.29, 1.82) is 0 Å². The summed E-state index contributed by atoms with van der Waals surface area (Å²) in [5, 5.41) is 5.39. The van der Waals surface area contributed by atoms with Crippen LogP contribution in [0.25, 0.3) is 0 Å². The molecule has 0 aliphatic heterocycles. The van der Waals surface area contributed by atoms with Crippen molar-refractivity contribution in [2.45, 2.75) is 19.6 Å². The molecule has 9 heteroatoms. The fourth-order valence-electron chi connectivity index (χ4n) is 2.17. The zero-order valence-corrected chi connectivity index (χ0v) is 13.6. The maximum Gasteiger partial charge on any atom is 0.417 e. The summed E-state index contributed by atoms with van der Waals surface area (Å²) in [6, 6.07) is 6.11. The smallest absolute Gasteiger partial charge is 0.417 e. The number of pyridine rings is 1. The molecule has 0 unspecified atom stereocenters. The molecule has 0 spiro atoms. The summed E-state index contributed by atoms with van der Waals surface area (Å²) in [4.78, 5) is 15.0. The van der Waals surface area contributed by atoms with Gasteiger partial charge in [0.15, 0.2) is 0 Å². The first kappa shape index (κ1) is 18.4. The van der Waals surface area contributed by atoms with E-state index in [4.69, 9.17) is 5.73 Å². The number of benzene rings is 1. The van der Waals surface area contributed by atoms with Crippen LogP contribution in [-0.4, -0.2) is 18.2 Å². The van der Waals surface area contributed by atoms with Crippen molar-refractivity contribution in [1.82, 2.24) is 4.98 Å². The number of ether oxygens (including phenoxy) is 1. The average molecular weight is 354 g/mol. The number of methoxy groups -OCH3 is 1. The number of carbonyl (C=O) groups is 1. The normalized spacial score (nSPS) is 11.1. The Kier molecular flexibility index (Phi) is 5.35. The van der Waals surface area contributed by atoms with Gasteiger partial charge >= 0.3 is 12.3 Å². The van der Waals surface area contributed by atoms with Gasteiger partial charge in [-0.3, -0.25) is 5.32 Å². The van der Waals surface area contributed by atoms with Crippen molar-refractivity contribution < 1.29 is 22.7 Å². The zero-order chi connectivity index (χ0) is 18.6. The zero-order valence-electron chi connectivity index (χ0n) is 13.6. The van der Waals surface area contributed by atoms with Crippen molar-refractivity contribution in [3.8, 4) is 0 Å². The summed E-state index contributed by atoms with van der Waals surface area (Å²) in [5.74, 6) is -0.0518. The van der Waals surface area contributed by atoms with E-state index in [9.17, 15) is 18.0 Å². The van der Waals surface area contributed by atoms with Crippen molar-refractivity contribution in [3.05, 3.63) is 47.2 Å². The van der Waals surface area contributed by atoms with Gasteiger partial charge < -0.3 is 15.8 Å². The molecule has 6 nitrogen and oxygen atoms in total. The van der Waals surface area contributed by atoms with Crippen LogP contribution in [0, 0.1) is 6.92 Å². The Morgan fingerprint density at radius 3 is 2.68 bits per heavy atom. The van der Waals surface area contributed by atoms with Crippen LogP contribution < -0.4 is 16.4 Å². The molecule has 1 aromatic heterocycles. The Morgan fingerprint density at radius 1 is 1.32 bits per heavy atom. The highest BCUT2D eigenvalue weighted by Gasteiger charge is 2.31. The number of hydrogen-bond acceptors (Lipinski definition) is 5. The van der Waals surface area contributed by atoms with Crippen LogP contribution in [0.2, 0.25) is 0 Å². The molecular weight excluding hydrogens is 337 g/mol. The molecule has 0 bridgehead atoms. The lowest BCUT2D eigenvalue weighted by atomic mass is 10.1. The number of carbonyl (C=O) groups excluding carboxylic acids is 1. The highest BCUT2D eigenvalue weighted by atomic mass is 19.4. The molecule has 25 heavy (non-hydrogen) atoms. The second-order valence-corrected chi connectivity index (χ2v) is 5.23. The Hall–Kier alpha value is -2.97. The number of anilines is 3. The summed E-state index contributed by atoms with van der Waals surface area (Å²) in [5.41, 5.74) is 6.80. The monoisotopic (exact) mass is 354 g/mol. The molecular formula is C16H17F3N4O2. The molecule has 1 heterocycles. The number of amides is 1. The number of aromatic nitrogens is 1. The van der Waals surface area contributed by atoms with Crippen LogP contribution in [0.15, 0.2) is 30.5 Å². The number of alkyl halides is 3. The van der Waals surface area contributed by atoms with Gasteiger partial charge in [0.1, 0.15) is 5.82 Å². The molecule has 2 aromatic rings. The van der Waals surface area contributed by atoms with Crippen LogP contribution in [0.5, 0.6) is 0 Å². The fraction of sp³-hybridized carbons (Fsp3) is 0.250. The number of nitrogens with one attached hydrogen (secondary N) is 2. The van der Waals surface area contributed by atoms with E-state index in [1.165, 1.54) is 7.11 Å². The molecule has 0 saturated carbocycles. The first-order valence-electron chi connectivity index (χ1n) is 7.22. The van der Waals surface area contributed by atoms with Crippen LogP contribution >= 0.6 is 0 Å². The molecule has 0 atom stereocenters. The molecule has 4 N–H and O–H groups in total. The van der Waals surface area contributed by atoms with E-state index in [1.807, 2.05) is 13.0 Å². The predicted octanol–water partition coefficient (Wildman–Crippen LogP) is 3.78. The lowest BCUT2D eigenvalue weighted by molar-refractivity contribution is -0.137. The number of nitrogens with two attached hydrogens (primary N) is 1. The highest BCUT2D eigenvalue weighted by Crippen LogP contribution is 2.32. The molecule has 134 valence electrons. The van der Waals surface area contributed by atoms with E-state index < -0.39 is 17.8 Å². The maximum absolute atomic E-state index is 12.8. The van der Waals surface area contributed by atoms with Crippen molar-refractivity contribution in [2.24, 2.45) is 0 Å². The number of aryl methyl sites for hydroxylation is 1. The minimum absolute atomic E-state index is 0.0518. The van der Waals surface area contributed by atoms with Gasteiger partial charge in [0, 0.05) is 18.4 Å². The molecule has 0 radical (unpaired) electrons. The third-order valence-electron chi connectivity index (χ3n) is 3.53. The van der Waals surface area contributed by atoms with Gasteiger partial charge in [0.05, 0.1) is 18.4 Å². The first-order valence-corrected chi connectivity index (χ1v) is 7.22. The molecule has 0 aliphatic carbocycles. The van der Waals surface area contributed by atoms with E-state index in [0.29, 0.717) is 17.4 Å². The van der Waals surface area contributed by atoms with Crippen LogP contribution in [0.3, 0.4) is 0 Å².